The third kappa shape index (κ3) is 2.08. The summed E-state index contributed by atoms with van der Waals surface area (Å²) in [5.74, 6) is 0. The largest absolute Gasteiger partial charge is 0.302 e. The average Bonchev–Trinajstić information content (AvgIpc) is 2.06. The highest BCUT2D eigenvalue weighted by Gasteiger charge is 2.16. The zero-order valence-corrected chi connectivity index (χ0v) is 7.98. The van der Waals surface area contributed by atoms with Crippen molar-refractivity contribution >= 4 is 23.0 Å². The van der Waals surface area contributed by atoms with Crippen LogP contribution < -0.4 is 5.30 Å². The lowest BCUT2D eigenvalue weighted by molar-refractivity contribution is 0.590. The first kappa shape index (κ1) is 8.83. The van der Waals surface area contributed by atoms with E-state index in [0.29, 0.717) is 6.16 Å². The van der Waals surface area contributed by atoms with Crippen LogP contribution in [-0.4, -0.2) is 6.16 Å². The minimum absolute atomic E-state index is 0.512. The van der Waals surface area contributed by atoms with E-state index < -0.39 is 6.49 Å². The standard InChI is InChI=1S/C8H10ClOP/c1-2-11(9,10)8-6-4-3-5-7-8/h3-7H,2H2,1H3. The Balaban J connectivity index is 3.03. The number of rotatable bonds is 2. The van der Waals surface area contributed by atoms with Gasteiger partial charge < -0.3 is 4.57 Å². The van der Waals surface area contributed by atoms with Crippen LogP contribution in [0.5, 0.6) is 0 Å². The minimum atomic E-state index is -2.55. The van der Waals surface area contributed by atoms with Crippen molar-refractivity contribution in [2.75, 3.05) is 6.16 Å². The van der Waals surface area contributed by atoms with Crippen molar-refractivity contribution in [2.24, 2.45) is 0 Å². The normalized spacial score (nSPS) is 15.8. The van der Waals surface area contributed by atoms with Crippen molar-refractivity contribution in [2.45, 2.75) is 6.92 Å². The van der Waals surface area contributed by atoms with E-state index >= 15 is 0 Å². The number of hydrogen-bond acceptors (Lipinski definition) is 1. The topological polar surface area (TPSA) is 17.1 Å². The molecule has 1 aromatic rings. The lowest BCUT2D eigenvalue weighted by Crippen LogP contribution is -2.00. The van der Waals surface area contributed by atoms with Crippen molar-refractivity contribution in [3.63, 3.8) is 0 Å². The monoisotopic (exact) mass is 188 g/mol. The zero-order chi connectivity index (χ0) is 8.32. The highest BCUT2D eigenvalue weighted by atomic mass is 35.7. The van der Waals surface area contributed by atoms with E-state index in [0.717, 1.165) is 5.30 Å². The molecule has 0 N–H and O–H groups in total. The van der Waals surface area contributed by atoms with Gasteiger partial charge >= 0.3 is 0 Å². The maximum absolute atomic E-state index is 11.5. The average molecular weight is 189 g/mol. The third-order valence-electron chi connectivity index (χ3n) is 1.55. The molecule has 3 heteroatoms. The Morgan fingerprint density at radius 2 is 1.91 bits per heavy atom. The summed E-state index contributed by atoms with van der Waals surface area (Å²) >= 11 is 5.80. The summed E-state index contributed by atoms with van der Waals surface area (Å²) in [6.07, 6.45) is 0.512. The molecule has 0 saturated carbocycles. The van der Waals surface area contributed by atoms with Crippen LogP contribution in [0.25, 0.3) is 0 Å². The van der Waals surface area contributed by atoms with Gasteiger partial charge in [-0.3, -0.25) is 0 Å². The van der Waals surface area contributed by atoms with Crippen LogP contribution in [0, 0.1) is 0 Å². The molecule has 1 aromatic carbocycles. The zero-order valence-electron chi connectivity index (χ0n) is 6.33. The molecular formula is C8H10ClOP. The van der Waals surface area contributed by atoms with Gasteiger partial charge in [-0.2, -0.15) is 0 Å². The van der Waals surface area contributed by atoms with Crippen molar-refractivity contribution < 1.29 is 4.57 Å². The molecule has 0 aliphatic rings. The summed E-state index contributed by atoms with van der Waals surface area (Å²) in [5.41, 5.74) is 0. The molecule has 0 aliphatic carbocycles. The van der Waals surface area contributed by atoms with Gasteiger partial charge in [-0.25, -0.2) is 0 Å². The lowest BCUT2D eigenvalue weighted by atomic mass is 10.4. The third-order valence-corrected chi connectivity index (χ3v) is 4.73. The quantitative estimate of drug-likeness (QED) is 0.653. The van der Waals surface area contributed by atoms with E-state index in [1.165, 1.54) is 0 Å². The van der Waals surface area contributed by atoms with Gasteiger partial charge in [0, 0.05) is 11.5 Å². The van der Waals surface area contributed by atoms with Gasteiger partial charge in [0.15, 0.2) is 6.49 Å². The van der Waals surface area contributed by atoms with Gasteiger partial charge in [-0.15, -0.1) is 0 Å². The van der Waals surface area contributed by atoms with Crippen molar-refractivity contribution in [3.8, 4) is 0 Å². The highest BCUT2D eigenvalue weighted by Crippen LogP contribution is 2.49. The second-order valence-corrected chi connectivity index (χ2v) is 6.39. The SMILES string of the molecule is CCP(=O)(Cl)c1ccccc1. The van der Waals surface area contributed by atoms with Crippen LogP contribution in [-0.2, 0) is 4.57 Å². The Bertz CT molecular complexity index is 271. The minimum Gasteiger partial charge on any atom is -0.302 e. The molecule has 0 radical (unpaired) electrons. The molecule has 0 saturated heterocycles. The molecule has 0 bridgehead atoms. The van der Waals surface area contributed by atoms with Gasteiger partial charge in [0.1, 0.15) is 0 Å². The fourth-order valence-electron chi connectivity index (χ4n) is 0.833. The summed E-state index contributed by atoms with van der Waals surface area (Å²) in [7, 11) is 0. The van der Waals surface area contributed by atoms with Crippen LogP contribution in [0.1, 0.15) is 6.92 Å². The maximum Gasteiger partial charge on any atom is 0.197 e. The molecule has 1 rings (SSSR count). The van der Waals surface area contributed by atoms with Crippen LogP contribution >= 0.6 is 17.7 Å². The fourth-order valence-corrected chi connectivity index (χ4v) is 2.15. The number of halogens is 1. The molecule has 0 aliphatic heterocycles. The van der Waals surface area contributed by atoms with E-state index in [4.69, 9.17) is 11.2 Å². The summed E-state index contributed by atoms with van der Waals surface area (Å²) in [6.45, 7) is -0.719. The number of benzene rings is 1. The molecule has 11 heavy (non-hydrogen) atoms. The summed E-state index contributed by atoms with van der Waals surface area (Å²) in [6, 6.07) is 9.19. The van der Waals surface area contributed by atoms with Gasteiger partial charge in [-0.1, -0.05) is 37.3 Å². The van der Waals surface area contributed by atoms with E-state index in [-0.39, 0.29) is 0 Å². The molecule has 0 aromatic heterocycles. The summed E-state index contributed by atoms with van der Waals surface area (Å²) < 4.78 is 11.5. The van der Waals surface area contributed by atoms with Crippen LogP contribution in [0.15, 0.2) is 30.3 Å². The van der Waals surface area contributed by atoms with Gasteiger partial charge in [0.05, 0.1) is 0 Å². The molecule has 1 atom stereocenters. The molecule has 0 spiro atoms. The second kappa shape index (κ2) is 3.42. The smallest absolute Gasteiger partial charge is 0.197 e. The van der Waals surface area contributed by atoms with Crippen LogP contribution in [0.4, 0.5) is 0 Å². The van der Waals surface area contributed by atoms with E-state index in [2.05, 4.69) is 0 Å². The number of hydrogen-bond donors (Lipinski definition) is 0. The molecule has 1 nitrogen and oxygen atoms in total. The van der Waals surface area contributed by atoms with E-state index in [1.54, 1.807) is 12.1 Å². The maximum atomic E-state index is 11.5. The Hall–Kier alpha value is -0.260. The molecule has 0 amide bonds. The molecular weight excluding hydrogens is 179 g/mol. The predicted octanol–water partition coefficient (Wildman–Crippen LogP) is 2.85. The van der Waals surface area contributed by atoms with Crippen LogP contribution in [0.3, 0.4) is 0 Å². The first-order valence-corrected chi connectivity index (χ1v) is 6.31. The summed E-state index contributed by atoms with van der Waals surface area (Å²) in [5, 5.41) is 0.754. The van der Waals surface area contributed by atoms with E-state index in [9.17, 15) is 4.57 Å². The van der Waals surface area contributed by atoms with Crippen molar-refractivity contribution in [1.29, 1.82) is 0 Å². The highest BCUT2D eigenvalue weighted by molar-refractivity contribution is 7.95. The van der Waals surface area contributed by atoms with Crippen molar-refractivity contribution in [1.82, 2.24) is 0 Å². The Morgan fingerprint density at radius 3 is 2.36 bits per heavy atom. The first-order valence-electron chi connectivity index (χ1n) is 3.51. The molecule has 0 heterocycles. The molecule has 0 fully saturated rings. The molecule has 60 valence electrons. The fraction of sp³-hybridized carbons (Fsp3) is 0.250. The Kier molecular flexibility index (Phi) is 2.75. The van der Waals surface area contributed by atoms with Crippen LogP contribution in [0.2, 0.25) is 0 Å². The van der Waals surface area contributed by atoms with E-state index in [1.807, 2.05) is 25.1 Å². The van der Waals surface area contributed by atoms with Crippen molar-refractivity contribution in [3.05, 3.63) is 30.3 Å². The first-order chi connectivity index (χ1) is 5.17. The second-order valence-electron chi connectivity index (χ2n) is 2.30. The van der Waals surface area contributed by atoms with Gasteiger partial charge in [0.2, 0.25) is 0 Å². The molecule has 1 unspecified atom stereocenters. The Morgan fingerprint density at radius 1 is 1.36 bits per heavy atom. The Labute approximate surface area is 71.5 Å². The summed E-state index contributed by atoms with van der Waals surface area (Å²) in [4.78, 5) is 0. The predicted molar refractivity (Wildman–Crippen MR) is 50.1 cm³/mol. The lowest BCUT2D eigenvalue weighted by Gasteiger charge is -2.06. The van der Waals surface area contributed by atoms with Gasteiger partial charge in [-0.05, 0) is 11.2 Å². The van der Waals surface area contributed by atoms with Gasteiger partial charge in [0.25, 0.3) is 0 Å².